The van der Waals surface area contributed by atoms with Gasteiger partial charge in [0.1, 0.15) is 11.6 Å². The molecule has 3 rings (SSSR count). The molecule has 0 saturated carbocycles. The van der Waals surface area contributed by atoms with E-state index >= 15 is 0 Å². The van der Waals surface area contributed by atoms with E-state index in [4.69, 9.17) is 4.18 Å². The number of halogens is 1. The van der Waals surface area contributed by atoms with Crippen molar-refractivity contribution in [1.82, 2.24) is 0 Å². The van der Waals surface area contributed by atoms with E-state index in [0.29, 0.717) is 17.5 Å². The third-order valence-electron chi connectivity index (χ3n) is 3.93. The van der Waals surface area contributed by atoms with Gasteiger partial charge in [0.05, 0.1) is 5.75 Å². The van der Waals surface area contributed by atoms with Crippen molar-refractivity contribution in [2.45, 2.75) is 6.42 Å². The number of carbonyl (C=O) groups is 1. The molecule has 6 heteroatoms. The summed E-state index contributed by atoms with van der Waals surface area (Å²) in [7, 11) is -3.75. The van der Waals surface area contributed by atoms with E-state index in [9.17, 15) is 17.6 Å². The summed E-state index contributed by atoms with van der Waals surface area (Å²) in [6.07, 6.45) is 0.351. The van der Waals surface area contributed by atoms with Gasteiger partial charge in [-0.1, -0.05) is 30.3 Å². The van der Waals surface area contributed by atoms with E-state index in [0.717, 1.165) is 5.56 Å². The second kappa shape index (κ2) is 8.14. The van der Waals surface area contributed by atoms with Gasteiger partial charge in [-0.3, -0.25) is 4.79 Å². The highest BCUT2D eigenvalue weighted by molar-refractivity contribution is 7.87. The van der Waals surface area contributed by atoms with Gasteiger partial charge < -0.3 is 4.18 Å². The molecule has 0 amide bonds. The van der Waals surface area contributed by atoms with Crippen LogP contribution in [0.4, 0.5) is 4.39 Å². The Bertz CT molecular complexity index is 1010. The predicted molar refractivity (Wildman–Crippen MR) is 101 cm³/mol. The number of rotatable bonds is 7. The van der Waals surface area contributed by atoms with Crippen LogP contribution >= 0.6 is 0 Å². The molecule has 3 aromatic rings. The van der Waals surface area contributed by atoms with E-state index in [1.807, 2.05) is 30.3 Å². The van der Waals surface area contributed by atoms with Crippen LogP contribution in [0.15, 0.2) is 78.9 Å². The van der Waals surface area contributed by atoms with Crippen molar-refractivity contribution in [3.8, 4) is 5.75 Å². The van der Waals surface area contributed by atoms with Crippen molar-refractivity contribution >= 4 is 15.9 Å². The van der Waals surface area contributed by atoms with Crippen LogP contribution in [-0.4, -0.2) is 20.0 Å². The van der Waals surface area contributed by atoms with Gasteiger partial charge in [0.15, 0.2) is 5.78 Å². The quantitative estimate of drug-likeness (QED) is 0.456. The Balaban J connectivity index is 1.64. The van der Waals surface area contributed by atoms with Crippen molar-refractivity contribution < 1.29 is 21.8 Å². The van der Waals surface area contributed by atoms with Crippen LogP contribution in [0.3, 0.4) is 0 Å². The molecule has 0 aromatic heterocycles. The van der Waals surface area contributed by atoms with E-state index in [-0.39, 0.29) is 17.3 Å². The average Bonchev–Trinajstić information content (AvgIpc) is 2.68. The summed E-state index contributed by atoms with van der Waals surface area (Å²) in [6, 6.07) is 20.3. The van der Waals surface area contributed by atoms with E-state index in [1.165, 1.54) is 48.5 Å². The molecular weight excluding hydrogens is 367 g/mol. The molecule has 0 aliphatic carbocycles. The molecule has 0 N–H and O–H groups in total. The molecule has 0 atom stereocenters. The summed E-state index contributed by atoms with van der Waals surface area (Å²) < 4.78 is 42.3. The highest BCUT2D eigenvalue weighted by atomic mass is 32.2. The van der Waals surface area contributed by atoms with E-state index in [1.54, 1.807) is 0 Å². The molecule has 0 heterocycles. The third kappa shape index (κ3) is 5.24. The molecule has 0 radical (unpaired) electrons. The lowest BCUT2D eigenvalue weighted by Crippen LogP contribution is -2.15. The van der Waals surface area contributed by atoms with Crippen LogP contribution in [0.2, 0.25) is 0 Å². The second-order valence-corrected chi connectivity index (χ2v) is 7.63. The lowest BCUT2D eigenvalue weighted by atomic mass is 10.0. The Morgan fingerprint density at radius 3 is 1.96 bits per heavy atom. The minimum atomic E-state index is -3.75. The normalized spacial score (nSPS) is 11.1. The Kier molecular flexibility index (Phi) is 5.66. The van der Waals surface area contributed by atoms with Crippen LogP contribution in [0.5, 0.6) is 5.75 Å². The van der Waals surface area contributed by atoms with Crippen molar-refractivity contribution in [3.05, 3.63) is 101 Å². The van der Waals surface area contributed by atoms with Gasteiger partial charge in [-0.05, 0) is 60.5 Å². The number of aryl methyl sites for hydroxylation is 1. The topological polar surface area (TPSA) is 60.4 Å². The monoisotopic (exact) mass is 384 g/mol. The average molecular weight is 384 g/mol. The lowest BCUT2D eigenvalue weighted by Gasteiger charge is -2.08. The van der Waals surface area contributed by atoms with Crippen LogP contribution in [0.1, 0.15) is 21.5 Å². The first kappa shape index (κ1) is 18.8. The molecule has 4 nitrogen and oxygen atoms in total. The standard InChI is InChI=1S/C21H17FO4S/c22-19-10-6-17(7-11-19)21(23)18-8-12-20(13-9-18)26-27(24,25)15-14-16-4-2-1-3-5-16/h1-13H,14-15H2. The second-order valence-electron chi connectivity index (χ2n) is 5.94. The summed E-state index contributed by atoms with van der Waals surface area (Å²) in [6.45, 7) is 0. The summed E-state index contributed by atoms with van der Waals surface area (Å²) in [4.78, 5) is 12.3. The lowest BCUT2D eigenvalue weighted by molar-refractivity contribution is 0.103. The molecule has 138 valence electrons. The Morgan fingerprint density at radius 1 is 0.815 bits per heavy atom. The molecule has 0 aliphatic rings. The largest absolute Gasteiger partial charge is 0.382 e. The molecule has 0 spiro atoms. The van der Waals surface area contributed by atoms with Crippen molar-refractivity contribution in [3.63, 3.8) is 0 Å². The summed E-state index contributed by atoms with van der Waals surface area (Å²) in [5.74, 6) is -0.712. The fraction of sp³-hybridized carbons (Fsp3) is 0.0952. The van der Waals surface area contributed by atoms with Crippen LogP contribution in [-0.2, 0) is 16.5 Å². The minimum Gasteiger partial charge on any atom is -0.382 e. The fourth-order valence-corrected chi connectivity index (χ4v) is 3.48. The highest BCUT2D eigenvalue weighted by Crippen LogP contribution is 2.18. The van der Waals surface area contributed by atoms with Gasteiger partial charge in [-0.15, -0.1) is 0 Å². The Morgan fingerprint density at radius 2 is 1.37 bits per heavy atom. The summed E-state index contributed by atoms with van der Waals surface area (Å²) >= 11 is 0. The zero-order valence-corrected chi connectivity index (χ0v) is 15.2. The number of hydrogen-bond acceptors (Lipinski definition) is 4. The van der Waals surface area contributed by atoms with Gasteiger partial charge in [0.2, 0.25) is 0 Å². The highest BCUT2D eigenvalue weighted by Gasteiger charge is 2.14. The number of carbonyl (C=O) groups excluding carboxylic acids is 1. The van der Waals surface area contributed by atoms with Crippen LogP contribution < -0.4 is 4.18 Å². The van der Waals surface area contributed by atoms with Crippen LogP contribution in [0, 0.1) is 5.82 Å². The molecule has 27 heavy (non-hydrogen) atoms. The zero-order chi connectivity index (χ0) is 19.3. The maximum Gasteiger partial charge on any atom is 0.309 e. The molecular formula is C21H17FO4S. The predicted octanol–water partition coefficient (Wildman–Crippen LogP) is 4.01. The SMILES string of the molecule is O=C(c1ccc(F)cc1)c1ccc(OS(=O)(=O)CCc2ccccc2)cc1. The molecule has 0 aliphatic heterocycles. The number of benzene rings is 3. The first-order chi connectivity index (χ1) is 12.9. The molecule has 0 saturated heterocycles. The first-order valence-electron chi connectivity index (χ1n) is 8.29. The van der Waals surface area contributed by atoms with Gasteiger partial charge in [0, 0.05) is 11.1 Å². The minimum absolute atomic E-state index is 0.138. The first-order valence-corrected chi connectivity index (χ1v) is 9.87. The number of hydrogen-bond donors (Lipinski definition) is 0. The molecule has 0 bridgehead atoms. The zero-order valence-electron chi connectivity index (χ0n) is 14.3. The Labute approximate surface area is 157 Å². The van der Waals surface area contributed by atoms with Gasteiger partial charge >= 0.3 is 10.1 Å². The van der Waals surface area contributed by atoms with Crippen molar-refractivity contribution in [2.24, 2.45) is 0 Å². The van der Waals surface area contributed by atoms with Gasteiger partial charge in [-0.25, -0.2) is 4.39 Å². The van der Waals surface area contributed by atoms with E-state index in [2.05, 4.69) is 0 Å². The Hall–Kier alpha value is -2.99. The maximum atomic E-state index is 12.9. The third-order valence-corrected chi connectivity index (χ3v) is 5.08. The summed E-state index contributed by atoms with van der Waals surface area (Å²) in [5, 5.41) is 0. The number of ketones is 1. The maximum absolute atomic E-state index is 12.9. The summed E-state index contributed by atoms with van der Waals surface area (Å²) in [5.41, 5.74) is 1.61. The van der Waals surface area contributed by atoms with Gasteiger partial charge in [-0.2, -0.15) is 8.42 Å². The van der Waals surface area contributed by atoms with E-state index < -0.39 is 15.9 Å². The fourth-order valence-electron chi connectivity index (χ4n) is 2.51. The van der Waals surface area contributed by atoms with Gasteiger partial charge in [0.25, 0.3) is 0 Å². The van der Waals surface area contributed by atoms with Crippen LogP contribution in [0.25, 0.3) is 0 Å². The molecule has 3 aromatic carbocycles. The molecule has 0 fully saturated rings. The smallest absolute Gasteiger partial charge is 0.309 e. The molecule has 0 unspecified atom stereocenters. The van der Waals surface area contributed by atoms with Crippen molar-refractivity contribution in [2.75, 3.05) is 5.75 Å². The van der Waals surface area contributed by atoms with Crippen molar-refractivity contribution in [1.29, 1.82) is 0 Å².